The fraction of sp³-hybridized carbons (Fsp3) is 1.00. The van der Waals surface area contributed by atoms with Crippen molar-refractivity contribution >= 4 is 0 Å². The molecule has 0 fully saturated rings. The first-order valence-corrected chi connectivity index (χ1v) is 4.99. The lowest BCUT2D eigenvalue weighted by Crippen LogP contribution is -2.36. The van der Waals surface area contributed by atoms with E-state index in [4.69, 9.17) is 5.73 Å². The predicted molar refractivity (Wildman–Crippen MR) is 51.6 cm³/mol. The zero-order chi connectivity index (χ0) is 9.61. The van der Waals surface area contributed by atoms with E-state index in [2.05, 4.69) is 13.8 Å². The summed E-state index contributed by atoms with van der Waals surface area (Å²) in [7, 11) is 0. The summed E-state index contributed by atoms with van der Waals surface area (Å²) >= 11 is 0. The lowest BCUT2D eigenvalue weighted by molar-refractivity contribution is 0.118. The summed E-state index contributed by atoms with van der Waals surface area (Å²) < 4.78 is 13.5. The molecule has 2 N–H and O–H groups in total. The molecule has 1 nitrogen and oxygen atoms in total. The molecule has 0 aliphatic heterocycles. The van der Waals surface area contributed by atoms with Crippen LogP contribution in [0.3, 0.4) is 0 Å². The second-order valence-corrected chi connectivity index (χ2v) is 3.86. The van der Waals surface area contributed by atoms with Crippen LogP contribution in [0.15, 0.2) is 0 Å². The van der Waals surface area contributed by atoms with Crippen LogP contribution in [0.5, 0.6) is 0 Å². The predicted octanol–water partition coefficient (Wildman–Crippen LogP) is 3.24. The molecule has 0 saturated carbocycles. The Morgan fingerprint density at radius 3 is 2.42 bits per heavy atom. The average Bonchev–Trinajstić information content (AvgIpc) is 2.00. The van der Waals surface area contributed by atoms with E-state index in [0.717, 1.165) is 19.3 Å². The molecule has 0 aromatic rings. The number of alkyl halides is 1. The van der Waals surface area contributed by atoms with Crippen LogP contribution >= 0.6 is 0 Å². The Labute approximate surface area is 75.5 Å². The maximum Gasteiger partial charge on any atom is 0.159 e. The van der Waals surface area contributed by atoms with Crippen LogP contribution in [0.4, 0.5) is 4.39 Å². The Morgan fingerprint density at radius 1 is 1.42 bits per heavy atom. The van der Waals surface area contributed by atoms with Crippen molar-refractivity contribution in [1.82, 2.24) is 0 Å². The summed E-state index contributed by atoms with van der Waals surface area (Å²) in [6, 6.07) is 0. The minimum absolute atomic E-state index is 0.400. The number of halogens is 1. The van der Waals surface area contributed by atoms with Gasteiger partial charge in [-0.2, -0.15) is 0 Å². The molecule has 0 amide bonds. The number of hydrogen-bond donors (Lipinski definition) is 1. The third-order valence-electron chi connectivity index (χ3n) is 2.33. The van der Waals surface area contributed by atoms with Crippen LogP contribution in [-0.4, -0.2) is 5.79 Å². The van der Waals surface area contributed by atoms with Crippen molar-refractivity contribution < 1.29 is 4.39 Å². The van der Waals surface area contributed by atoms with E-state index in [1.165, 1.54) is 0 Å². The summed E-state index contributed by atoms with van der Waals surface area (Å²) in [5, 5.41) is 0. The van der Waals surface area contributed by atoms with Crippen molar-refractivity contribution in [2.75, 3.05) is 0 Å². The third-order valence-corrected chi connectivity index (χ3v) is 2.33. The Balaban J connectivity index is 3.69. The SMILES string of the molecule is CCCCC(N)(F)CC(C)CC. The summed E-state index contributed by atoms with van der Waals surface area (Å²) in [4.78, 5) is 0. The topological polar surface area (TPSA) is 26.0 Å². The second kappa shape index (κ2) is 5.52. The number of unbranched alkanes of at least 4 members (excludes halogenated alkanes) is 1. The molecule has 12 heavy (non-hydrogen) atoms. The minimum Gasteiger partial charge on any atom is -0.299 e. The third kappa shape index (κ3) is 5.53. The lowest BCUT2D eigenvalue weighted by atomic mass is 9.94. The highest BCUT2D eigenvalue weighted by molar-refractivity contribution is 4.73. The quantitative estimate of drug-likeness (QED) is 0.616. The van der Waals surface area contributed by atoms with Crippen LogP contribution in [0.2, 0.25) is 0 Å². The first-order chi connectivity index (χ1) is 5.52. The first-order valence-electron chi connectivity index (χ1n) is 4.99. The van der Waals surface area contributed by atoms with Gasteiger partial charge >= 0.3 is 0 Å². The van der Waals surface area contributed by atoms with Crippen molar-refractivity contribution in [3.05, 3.63) is 0 Å². The Bertz CT molecular complexity index is 112. The van der Waals surface area contributed by atoms with E-state index >= 15 is 0 Å². The molecule has 2 heteroatoms. The first kappa shape index (κ1) is 11.9. The van der Waals surface area contributed by atoms with Gasteiger partial charge in [0.15, 0.2) is 5.79 Å². The van der Waals surface area contributed by atoms with Gasteiger partial charge in [0, 0.05) is 0 Å². The lowest BCUT2D eigenvalue weighted by Gasteiger charge is -2.23. The summed E-state index contributed by atoms with van der Waals surface area (Å²) in [6.07, 6.45) is 3.93. The highest BCUT2D eigenvalue weighted by Crippen LogP contribution is 2.23. The molecule has 74 valence electrons. The molecule has 0 heterocycles. The molecule has 0 aromatic heterocycles. The van der Waals surface area contributed by atoms with Crippen molar-refractivity contribution in [1.29, 1.82) is 0 Å². The van der Waals surface area contributed by atoms with Crippen molar-refractivity contribution in [2.45, 2.75) is 58.7 Å². The Kier molecular flexibility index (Phi) is 5.47. The van der Waals surface area contributed by atoms with E-state index in [1.54, 1.807) is 0 Å². The fourth-order valence-electron chi connectivity index (χ4n) is 1.30. The molecular weight excluding hydrogens is 153 g/mol. The molecule has 0 rings (SSSR count). The average molecular weight is 175 g/mol. The summed E-state index contributed by atoms with van der Waals surface area (Å²) in [5.41, 5.74) is 5.51. The van der Waals surface area contributed by atoms with Gasteiger partial charge in [0.2, 0.25) is 0 Å². The standard InChI is InChI=1S/C10H22FN/c1-4-6-7-10(11,12)8-9(3)5-2/h9H,4-8,12H2,1-3H3. The van der Waals surface area contributed by atoms with Crippen LogP contribution in [0.1, 0.15) is 52.9 Å². The molecule has 0 aromatic carbocycles. The van der Waals surface area contributed by atoms with Gasteiger partial charge in [-0.05, 0) is 25.2 Å². The van der Waals surface area contributed by atoms with Gasteiger partial charge in [-0.1, -0.05) is 33.6 Å². The zero-order valence-corrected chi connectivity index (χ0v) is 8.57. The summed E-state index contributed by atoms with van der Waals surface area (Å²) in [6.45, 7) is 6.17. The molecule has 2 atom stereocenters. The van der Waals surface area contributed by atoms with E-state index in [-0.39, 0.29) is 0 Å². The smallest absolute Gasteiger partial charge is 0.159 e. The number of hydrogen-bond acceptors (Lipinski definition) is 1. The molecular formula is C10H22FN. The van der Waals surface area contributed by atoms with Gasteiger partial charge in [-0.25, -0.2) is 4.39 Å². The number of nitrogens with two attached hydrogens (primary N) is 1. The van der Waals surface area contributed by atoms with Crippen molar-refractivity contribution in [3.8, 4) is 0 Å². The van der Waals surface area contributed by atoms with E-state index in [0.29, 0.717) is 18.8 Å². The number of rotatable bonds is 6. The maximum atomic E-state index is 13.5. The molecule has 0 aliphatic rings. The van der Waals surface area contributed by atoms with Gasteiger partial charge in [0.05, 0.1) is 0 Å². The largest absolute Gasteiger partial charge is 0.299 e. The monoisotopic (exact) mass is 175 g/mol. The van der Waals surface area contributed by atoms with Crippen LogP contribution in [-0.2, 0) is 0 Å². The fourth-order valence-corrected chi connectivity index (χ4v) is 1.30. The molecule has 0 bridgehead atoms. The van der Waals surface area contributed by atoms with Gasteiger partial charge in [0.1, 0.15) is 0 Å². The van der Waals surface area contributed by atoms with E-state index in [9.17, 15) is 4.39 Å². The molecule has 0 spiro atoms. The molecule has 0 saturated heterocycles. The zero-order valence-electron chi connectivity index (χ0n) is 8.57. The van der Waals surface area contributed by atoms with Crippen molar-refractivity contribution in [2.24, 2.45) is 11.7 Å². The molecule has 2 unspecified atom stereocenters. The van der Waals surface area contributed by atoms with Gasteiger partial charge in [-0.3, -0.25) is 5.73 Å². The summed E-state index contributed by atoms with van der Waals surface area (Å²) in [5.74, 6) is -1.03. The van der Waals surface area contributed by atoms with Gasteiger partial charge < -0.3 is 0 Å². The van der Waals surface area contributed by atoms with E-state index in [1.807, 2.05) is 6.92 Å². The van der Waals surface area contributed by atoms with Crippen LogP contribution < -0.4 is 5.73 Å². The second-order valence-electron chi connectivity index (χ2n) is 3.86. The minimum atomic E-state index is -1.43. The molecule has 0 aliphatic carbocycles. The van der Waals surface area contributed by atoms with Crippen LogP contribution in [0, 0.1) is 5.92 Å². The van der Waals surface area contributed by atoms with Crippen LogP contribution in [0.25, 0.3) is 0 Å². The van der Waals surface area contributed by atoms with E-state index < -0.39 is 5.79 Å². The Morgan fingerprint density at radius 2 is 2.00 bits per heavy atom. The van der Waals surface area contributed by atoms with Crippen molar-refractivity contribution in [3.63, 3.8) is 0 Å². The normalized spacial score (nSPS) is 18.8. The molecule has 0 radical (unpaired) electrons. The highest BCUT2D eigenvalue weighted by Gasteiger charge is 2.24. The highest BCUT2D eigenvalue weighted by atomic mass is 19.1. The maximum absolute atomic E-state index is 13.5. The van der Waals surface area contributed by atoms with Gasteiger partial charge in [0.25, 0.3) is 0 Å². The van der Waals surface area contributed by atoms with Gasteiger partial charge in [-0.15, -0.1) is 0 Å². The Hall–Kier alpha value is -0.110.